The van der Waals surface area contributed by atoms with E-state index >= 15 is 0 Å². The summed E-state index contributed by atoms with van der Waals surface area (Å²) in [6, 6.07) is 2.29. The van der Waals surface area contributed by atoms with E-state index in [1.165, 1.54) is 10.4 Å². The first-order valence-electron chi connectivity index (χ1n) is 4.22. The van der Waals surface area contributed by atoms with Gasteiger partial charge in [0.05, 0.1) is 0 Å². The Hall–Kier alpha value is -0.0500. The Labute approximate surface area is 90.8 Å². The maximum atomic E-state index is 6.13. The smallest absolute Gasteiger partial charge is 0.0441 e. The molecular formula is C10H18ClNS. The lowest BCUT2D eigenvalue weighted by molar-refractivity contribution is 0.330. The first-order chi connectivity index (χ1) is 5.43. The number of hydrogen-bond donors (Lipinski definition) is 1. The predicted octanol–water partition coefficient (Wildman–Crippen LogP) is 3.52. The van der Waals surface area contributed by atoms with Gasteiger partial charge in [-0.1, -0.05) is 20.8 Å². The number of aryl methyl sites for hydroxylation is 1. The van der Waals surface area contributed by atoms with Crippen molar-refractivity contribution in [3.05, 3.63) is 21.9 Å². The molecule has 13 heavy (non-hydrogen) atoms. The second kappa shape index (κ2) is 4.45. The molecule has 0 spiro atoms. The van der Waals surface area contributed by atoms with Crippen molar-refractivity contribution < 1.29 is 0 Å². The summed E-state index contributed by atoms with van der Waals surface area (Å²) in [6.45, 7) is 8.65. The van der Waals surface area contributed by atoms with Crippen molar-refractivity contribution in [2.45, 2.75) is 33.7 Å². The van der Waals surface area contributed by atoms with Crippen molar-refractivity contribution >= 4 is 23.7 Å². The van der Waals surface area contributed by atoms with Gasteiger partial charge in [-0.05, 0) is 29.3 Å². The highest BCUT2D eigenvalue weighted by molar-refractivity contribution is 7.10. The van der Waals surface area contributed by atoms with Crippen molar-refractivity contribution in [3.8, 4) is 0 Å². The van der Waals surface area contributed by atoms with Crippen LogP contribution in [0, 0.1) is 12.3 Å². The molecule has 0 aliphatic heterocycles. The van der Waals surface area contributed by atoms with Gasteiger partial charge in [-0.15, -0.1) is 23.7 Å². The Morgan fingerprint density at radius 1 is 1.38 bits per heavy atom. The molecule has 0 aliphatic rings. The Morgan fingerprint density at radius 3 is 2.23 bits per heavy atom. The van der Waals surface area contributed by atoms with Crippen LogP contribution < -0.4 is 5.73 Å². The van der Waals surface area contributed by atoms with Gasteiger partial charge in [0.2, 0.25) is 0 Å². The van der Waals surface area contributed by atoms with Gasteiger partial charge in [0.15, 0.2) is 0 Å². The van der Waals surface area contributed by atoms with E-state index < -0.39 is 0 Å². The third-order valence-electron chi connectivity index (χ3n) is 2.12. The minimum atomic E-state index is 0. The summed E-state index contributed by atoms with van der Waals surface area (Å²) < 4.78 is 0. The van der Waals surface area contributed by atoms with Crippen LogP contribution in [0.4, 0.5) is 0 Å². The summed E-state index contributed by atoms with van der Waals surface area (Å²) >= 11 is 1.76. The van der Waals surface area contributed by atoms with Crippen LogP contribution in [0.25, 0.3) is 0 Å². The van der Waals surface area contributed by atoms with Gasteiger partial charge in [-0.3, -0.25) is 0 Å². The monoisotopic (exact) mass is 219 g/mol. The Kier molecular flexibility index (Phi) is 4.43. The third kappa shape index (κ3) is 2.97. The first-order valence-corrected chi connectivity index (χ1v) is 5.10. The van der Waals surface area contributed by atoms with E-state index in [9.17, 15) is 0 Å². The summed E-state index contributed by atoms with van der Waals surface area (Å²) in [5, 5.41) is 2.11. The van der Waals surface area contributed by atoms with Crippen LogP contribution in [-0.4, -0.2) is 0 Å². The number of halogens is 1. The lowest BCUT2D eigenvalue weighted by Gasteiger charge is -2.26. The fourth-order valence-electron chi connectivity index (χ4n) is 1.10. The van der Waals surface area contributed by atoms with Crippen LogP contribution in [0.3, 0.4) is 0 Å². The molecule has 0 fully saturated rings. The van der Waals surface area contributed by atoms with E-state index in [1.54, 1.807) is 11.3 Å². The van der Waals surface area contributed by atoms with Crippen LogP contribution in [-0.2, 0) is 0 Å². The molecule has 2 N–H and O–H groups in total. The van der Waals surface area contributed by atoms with E-state index in [1.807, 2.05) is 0 Å². The Bertz CT molecular complexity index is 262. The molecule has 1 heterocycles. The molecule has 1 aromatic rings. The molecule has 1 nitrogen and oxygen atoms in total. The molecule has 1 aromatic heterocycles. The topological polar surface area (TPSA) is 26.0 Å². The van der Waals surface area contributed by atoms with E-state index in [0.717, 1.165) is 0 Å². The quantitative estimate of drug-likeness (QED) is 0.769. The third-order valence-corrected chi connectivity index (χ3v) is 3.22. The zero-order chi connectivity index (χ0) is 9.35. The first kappa shape index (κ1) is 12.9. The predicted molar refractivity (Wildman–Crippen MR) is 62.7 cm³/mol. The number of rotatable bonds is 1. The lowest BCUT2D eigenvalue weighted by atomic mass is 9.85. The minimum absolute atomic E-state index is 0. The second-order valence-electron chi connectivity index (χ2n) is 4.31. The highest BCUT2D eigenvalue weighted by atomic mass is 35.5. The SMILES string of the molecule is Cc1ccsc1[C@H](N)C(C)(C)C.Cl. The molecular weight excluding hydrogens is 202 g/mol. The molecule has 0 saturated carbocycles. The Balaban J connectivity index is 0.00000144. The van der Waals surface area contributed by atoms with Gasteiger partial charge in [0.1, 0.15) is 0 Å². The second-order valence-corrected chi connectivity index (χ2v) is 5.26. The average molecular weight is 220 g/mol. The molecule has 0 bridgehead atoms. The standard InChI is InChI=1S/C10H17NS.ClH/c1-7-5-6-12-8(7)9(11)10(2,3)4;/h5-6,9H,11H2,1-4H3;1H/t9-;/m0./s1. The van der Waals surface area contributed by atoms with Crippen molar-refractivity contribution in [1.82, 2.24) is 0 Å². The zero-order valence-electron chi connectivity index (χ0n) is 8.63. The number of nitrogens with two attached hydrogens (primary N) is 1. The molecule has 0 radical (unpaired) electrons. The summed E-state index contributed by atoms with van der Waals surface area (Å²) in [5.41, 5.74) is 7.61. The maximum Gasteiger partial charge on any atom is 0.0441 e. The van der Waals surface area contributed by atoms with Crippen LogP contribution in [0.15, 0.2) is 11.4 Å². The van der Waals surface area contributed by atoms with Gasteiger partial charge in [-0.2, -0.15) is 0 Å². The van der Waals surface area contributed by atoms with E-state index in [0.29, 0.717) is 0 Å². The van der Waals surface area contributed by atoms with Crippen LogP contribution in [0.5, 0.6) is 0 Å². The molecule has 1 rings (SSSR count). The van der Waals surface area contributed by atoms with Crippen molar-refractivity contribution in [2.75, 3.05) is 0 Å². The van der Waals surface area contributed by atoms with E-state index in [-0.39, 0.29) is 23.9 Å². The Morgan fingerprint density at radius 2 is 1.92 bits per heavy atom. The molecule has 3 heteroatoms. The fraction of sp³-hybridized carbons (Fsp3) is 0.600. The maximum absolute atomic E-state index is 6.13. The van der Waals surface area contributed by atoms with Gasteiger partial charge in [0.25, 0.3) is 0 Å². The number of hydrogen-bond acceptors (Lipinski definition) is 2. The lowest BCUT2D eigenvalue weighted by Crippen LogP contribution is -2.25. The number of thiophene rings is 1. The van der Waals surface area contributed by atoms with Crippen LogP contribution >= 0.6 is 23.7 Å². The van der Waals surface area contributed by atoms with Crippen LogP contribution in [0.2, 0.25) is 0 Å². The van der Waals surface area contributed by atoms with Crippen molar-refractivity contribution in [2.24, 2.45) is 11.1 Å². The molecule has 76 valence electrons. The molecule has 0 amide bonds. The summed E-state index contributed by atoms with van der Waals surface area (Å²) in [5.74, 6) is 0. The van der Waals surface area contributed by atoms with Gasteiger partial charge < -0.3 is 5.73 Å². The van der Waals surface area contributed by atoms with Crippen molar-refractivity contribution in [3.63, 3.8) is 0 Å². The largest absolute Gasteiger partial charge is 0.323 e. The molecule has 0 aromatic carbocycles. The zero-order valence-corrected chi connectivity index (χ0v) is 10.3. The molecule has 1 atom stereocenters. The van der Waals surface area contributed by atoms with Gasteiger partial charge in [0, 0.05) is 10.9 Å². The van der Waals surface area contributed by atoms with Gasteiger partial charge >= 0.3 is 0 Å². The summed E-state index contributed by atoms with van der Waals surface area (Å²) in [6.07, 6.45) is 0. The normalized spacial score (nSPS) is 13.6. The minimum Gasteiger partial charge on any atom is -0.323 e. The van der Waals surface area contributed by atoms with Crippen molar-refractivity contribution in [1.29, 1.82) is 0 Å². The fourth-order valence-corrected chi connectivity index (χ4v) is 2.27. The summed E-state index contributed by atoms with van der Waals surface area (Å²) in [7, 11) is 0. The van der Waals surface area contributed by atoms with E-state index in [4.69, 9.17) is 5.73 Å². The highest BCUT2D eigenvalue weighted by Gasteiger charge is 2.24. The molecule has 0 saturated heterocycles. The van der Waals surface area contributed by atoms with E-state index in [2.05, 4.69) is 39.1 Å². The highest BCUT2D eigenvalue weighted by Crippen LogP contribution is 2.34. The summed E-state index contributed by atoms with van der Waals surface area (Å²) in [4.78, 5) is 1.32. The average Bonchev–Trinajstić information content (AvgIpc) is 2.31. The van der Waals surface area contributed by atoms with Gasteiger partial charge in [-0.25, -0.2) is 0 Å². The molecule has 0 aliphatic carbocycles. The van der Waals surface area contributed by atoms with Crippen LogP contribution in [0.1, 0.15) is 37.3 Å². The molecule has 0 unspecified atom stereocenters.